The summed E-state index contributed by atoms with van der Waals surface area (Å²) >= 11 is 8.30. The lowest BCUT2D eigenvalue weighted by atomic mass is 10.0. The Hall–Kier alpha value is -0.230. The van der Waals surface area contributed by atoms with E-state index in [0.717, 1.165) is 15.2 Å². The summed E-state index contributed by atoms with van der Waals surface area (Å²) in [5.74, 6) is -0.201. The average Bonchev–Trinajstić information content (AvgIpc) is 2.77. The first-order valence-corrected chi connectivity index (χ1v) is 7.96. The van der Waals surface area contributed by atoms with Gasteiger partial charge in [-0.2, -0.15) is 0 Å². The first-order chi connectivity index (χ1) is 8.63. The fourth-order valence-corrected chi connectivity index (χ4v) is 3.69. The summed E-state index contributed by atoms with van der Waals surface area (Å²) < 4.78 is 15.7. The topological polar surface area (TPSA) is 12.0 Å². The van der Waals surface area contributed by atoms with Gasteiger partial charge in [0, 0.05) is 10.4 Å². The minimum atomic E-state index is -0.201. The summed E-state index contributed by atoms with van der Waals surface area (Å²) in [6.07, 6.45) is 0. The standard InChI is InChI=1S/C13H12Br2FNS/c1-2-17-13(10-6-7-11(15)18-10)8-4-3-5-9(14)12(8)16/h3-7,13,17H,2H2,1H3. The molecule has 5 heteroatoms. The maximum absolute atomic E-state index is 14.2. The van der Waals surface area contributed by atoms with E-state index in [2.05, 4.69) is 37.2 Å². The molecule has 1 aromatic heterocycles. The van der Waals surface area contributed by atoms with Crippen molar-refractivity contribution in [1.29, 1.82) is 0 Å². The summed E-state index contributed by atoms with van der Waals surface area (Å²) in [6, 6.07) is 9.29. The van der Waals surface area contributed by atoms with Crippen molar-refractivity contribution < 1.29 is 4.39 Å². The SMILES string of the molecule is CCNC(c1ccc(Br)s1)c1cccc(Br)c1F. The molecule has 96 valence electrons. The average molecular weight is 393 g/mol. The third kappa shape index (κ3) is 3.02. The van der Waals surface area contributed by atoms with Gasteiger partial charge in [0.1, 0.15) is 5.82 Å². The number of hydrogen-bond acceptors (Lipinski definition) is 2. The van der Waals surface area contributed by atoms with Crippen molar-refractivity contribution >= 4 is 43.2 Å². The second-order valence-corrected chi connectivity index (χ2v) is 7.12. The van der Waals surface area contributed by atoms with Crippen molar-refractivity contribution in [3.63, 3.8) is 0 Å². The molecule has 1 N–H and O–H groups in total. The normalized spacial score (nSPS) is 12.7. The second-order valence-electron chi connectivity index (χ2n) is 3.78. The van der Waals surface area contributed by atoms with Gasteiger partial charge in [-0.1, -0.05) is 19.1 Å². The lowest BCUT2D eigenvalue weighted by Crippen LogP contribution is -2.22. The largest absolute Gasteiger partial charge is 0.306 e. The first-order valence-electron chi connectivity index (χ1n) is 5.56. The molecule has 1 atom stereocenters. The van der Waals surface area contributed by atoms with Crippen LogP contribution >= 0.6 is 43.2 Å². The molecule has 1 heterocycles. The van der Waals surface area contributed by atoms with Crippen molar-refractivity contribution in [1.82, 2.24) is 5.32 Å². The van der Waals surface area contributed by atoms with Gasteiger partial charge >= 0.3 is 0 Å². The van der Waals surface area contributed by atoms with Gasteiger partial charge in [-0.15, -0.1) is 11.3 Å². The van der Waals surface area contributed by atoms with Gasteiger partial charge in [-0.05, 0) is 56.6 Å². The van der Waals surface area contributed by atoms with E-state index in [1.165, 1.54) is 0 Å². The number of nitrogens with one attached hydrogen (secondary N) is 1. The molecule has 18 heavy (non-hydrogen) atoms. The van der Waals surface area contributed by atoms with Crippen LogP contribution in [0.15, 0.2) is 38.6 Å². The fourth-order valence-electron chi connectivity index (χ4n) is 1.79. The number of benzene rings is 1. The van der Waals surface area contributed by atoms with Crippen molar-refractivity contribution in [3.05, 3.63) is 54.8 Å². The van der Waals surface area contributed by atoms with E-state index in [-0.39, 0.29) is 11.9 Å². The van der Waals surface area contributed by atoms with Crippen molar-refractivity contribution in [2.75, 3.05) is 6.54 Å². The predicted octanol–water partition coefficient (Wildman–Crippen LogP) is 5.11. The van der Waals surface area contributed by atoms with Gasteiger partial charge in [-0.25, -0.2) is 4.39 Å². The van der Waals surface area contributed by atoms with E-state index >= 15 is 0 Å². The number of halogens is 3. The van der Waals surface area contributed by atoms with Gasteiger partial charge in [-0.3, -0.25) is 0 Å². The predicted molar refractivity (Wildman–Crippen MR) is 81.6 cm³/mol. The van der Waals surface area contributed by atoms with Gasteiger partial charge in [0.2, 0.25) is 0 Å². The summed E-state index contributed by atoms with van der Waals surface area (Å²) in [4.78, 5) is 1.10. The molecule has 0 aliphatic heterocycles. The second kappa shape index (κ2) is 6.28. The van der Waals surface area contributed by atoms with E-state index in [9.17, 15) is 4.39 Å². The Kier molecular flexibility index (Phi) is 4.95. The van der Waals surface area contributed by atoms with Gasteiger partial charge in [0.15, 0.2) is 0 Å². The molecule has 2 aromatic rings. The molecule has 0 aliphatic rings. The molecule has 0 spiro atoms. The van der Waals surface area contributed by atoms with Crippen LogP contribution in [-0.2, 0) is 0 Å². The van der Waals surface area contributed by atoms with Crippen LogP contribution in [-0.4, -0.2) is 6.54 Å². The highest BCUT2D eigenvalue weighted by Gasteiger charge is 2.19. The van der Waals surface area contributed by atoms with Crippen LogP contribution in [0.2, 0.25) is 0 Å². The molecule has 1 nitrogen and oxygen atoms in total. The Balaban J connectivity index is 2.44. The summed E-state index contributed by atoms with van der Waals surface area (Å²) in [6.45, 7) is 2.80. The fraction of sp³-hybridized carbons (Fsp3) is 0.231. The van der Waals surface area contributed by atoms with E-state index in [1.54, 1.807) is 17.4 Å². The van der Waals surface area contributed by atoms with Gasteiger partial charge in [0.05, 0.1) is 14.3 Å². The quantitative estimate of drug-likeness (QED) is 0.762. The molecular formula is C13H12Br2FNS. The summed E-state index contributed by atoms with van der Waals surface area (Å²) in [7, 11) is 0. The lowest BCUT2D eigenvalue weighted by molar-refractivity contribution is 0.559. The molecule has 0 aliphatic carbocycles. The zero-order valence-corrected chi connectivity index (χ0v) is 13.7. The molecule has 0 amide bonds. The molecular weight excluding hydrogens is 381 g/mol. The summed E-state index contributed by atoms with van der Waals surface area (Å²) in [5, 5.41) is 3.33. The lowest BCUT2D eigenvalue weighted by Gasteiger charge is -2.18. The van der Waals surface area contributed by atoms with Crippen LogP contribution in [0.1, 0.15) is 23.4 Å². The van der Waals surface area contributed by atoms with Crippen LogP contribution in [0.5, 0.6) is 0 Å². The molecule has 2 rings (SSSR count). The van der Waals surface area contributed by atoms with E-state index in [4.69, 9.17) is 0 Å². The third-order valence-corrected chi connectivity index (χ3v) is 4.88. The number of thiophene rings is 1. The van der Waals surface area contributed by atoms with E-state index in [0.29, 0.717) is 10.0 Å². The Labute approximate surface area is 127 Å². The zero-order chi connectivity index (χ0) is 13.1. The third-order valence-electron chi connectivity index (χ3n) is 2.58. The highest BCUT2D eigenvalue weighted by Crippen LogP contribution is 2.33. The monoisotopic (exact) mass is 391 g/mol. The highest BCUT2D eigenvalue weighted by molar-refractivity contribution is 9.11. The smallest absolute Gasteiger partial charge is 0.142 e. The van der Waals surface area contributed by atoms with Crippen LogP contribution < -0.4 is 5.32 Å². The molecule has 0 bridgehead atoms. The van der Waals surface area contributed by atoms with E-state index in [1.807, 2.05) is 31.2 Å². The maximum Gasteiger partial charge on any atom is 0.142 e. The highest BCUT2D eigenvalue weighted by atomic mass is 79.9. The van der Waals surface area contributed by atoms with Crippen LogP contribution in [0.3, 0.4) is 0 Å². The molecule has 0 fully saturated rings. The van der Waals surface area contributed by atoms with Crippen LogP contribution in [0.4, 0.5) is 4.39 Å². The number of rotatable bonds is 4. The molecule has 0 radical (unpaired) electrons. The van der Waals surface area contributed by atoms with Crippen molar-refractivity contribution in [3.8, 4) is 0 Å². The Morgan fingerprint density at radius 2 is 2.06 bits per heavy atom. The Morgan fingerprint density at radius 1 is 1.28 bits per heavy atom. The molecule has 0 saturated heterocycles. The van der Waals surface area contributed by atoms with Crippen LogP contribution in [0.25, 0.3) is 0 Å². The molecule has 1 unspecified atom stereocenters. The summed E-state index contributed by atoms with van der Waals surface area (Å²) in [5.41, 5.74) is 0.667. The minimum Gasteiger partial charge on any atom is -0.306 e. The molecule has 0 saturated carbocycles. The van der Waals surface area contributed by atoms with E-state index < -0.39 is 0 Å². The maximum atomic E-state index is 14.2. The van der Waals surface area contributed by atoms with Crippen LogP contribution in [0, 0.1) is 5.82 Å². The minimum absolute atomic E-state index is 0.108. The molecule has 1 aromatic carbocycles. The van der Waals surface area contributed by atoms with Crippen molar-refractivity contribution in [2.24, 2.45) is 0 Å². The Bertz CT molecular complexity index is 542. The Morgan fingerprint density at radius 3 is 2.67 bits per heavy atom. The zero-order valence-electron chi connectivity index (χ0n) is 9.71. The van der Waals surface area contributed by atoms with Crippen molar-refractivity contribution in [2.45, 2.75) is 13.0 Å². The first kappa shape index (κ1) is 14.2. The number of hydrogen-bond donors (Lipinski definition) is 1. The van der Waals surface area contributed by atoms with Gasteiger partial charge in [0.25, 0.3) is 0 Å². The van der Waals surface area contributed by atoms with Gasteiger partial charge < -0.3 is 5.32 Å².